The molecule has 0 N–H and O–H groups in total. The van der Waals surface area contributed by atoms with Gasteiger partial charge in [-0.1, -0.05) is 35.5 Å². The van der Waals surface area contributed by atoms with Crippen molar-refractivity contribution >= 4 is 0 Å². The zero-order chi connectivity index (χ0) is 15.4. The molecule has 1 aromatic heterocycles. The van der Waals surface area contributed by atoms with Gasteiger partial charge in [-0.25, -0.2) is 0 Å². The van der Waals surface area contributed by atoms with E-state index in [9.17, 15) is 0 Å². The second kappa shape index (κ2) is 7.07. The standard InChI is InChI=1S/C18H25N3O/c1-15-18(16(2)22-19-15)14-21-10-6-9-20(11-12-21)13-17-7-4-3-5-8-17/h3-5,7-8H,6,9-14H2,1-2H3. The third-order valence-corrected chi connectivity index (χ3v) is 4.49. The number of aryl methyl sites for hydroxylation is 2. The lowest BCUT2D eigenvalue weighted by atomic mass is 10.2. The molecule has 0 saturated carbocycles. The maximum Gasteiger partial charge on any atom is 0.138 e. The smallest absolute Gasteiger partial charge is 0.138 e. The van der Waals surface area contributed by atoms with E-state index in [-0.39, 0.29) is 0 Å². The number of rotatable bonds is 4. The zero-order valence-electron chi connectivity index (χ0n) is 13.6. The first-order valence-corrected chi connectivity index (χ1v) is 8.13. The number of aromatic nitrogens is 1. The normalized spacial score (nSPS) is 17.5. The number of nitrogens with zero attached hydrogens (tertiary/aromatic N) is 3. The molecule has 0 spiro atoms. The fourth-order valence-corrected chi connectivity index (χ4v) is 3.13. The molecule has 0 bridgehead atoms. The highest BCUT2D eigenvalue weighted by Crippen LogP contribution is 2.17. The Morgan fingerprint density at radius 2 is 1.64 bits per heavy atom. The van der Waals surface area contributed by atoms with Crippen LogP contribution in [0, 0.1) is 13.8 Å². The van der Waals surface area contributed by atoms with Crippen LogP contribution in [0.3, 0.4) is 0 Å². The monoisotopic (exact) mass is 299 g/mol. The van der Waals surface area contributed by atoms with Crippen molar-refractivity contribution in [3.05, 3.63) is 52.9 Å². The summed E-state index contributed by atoms with van der Waals surface area (Å²) in [4.78, 5) is 5.08. The summed E-state index contributed by atoms with van der Waals surface area (Å²) in [6.07, 6.45) is 1.22. The van der Waals surface area contributed by atoms with Crippen LogP contribution in [-0.2, 0) is 13.1 Å². The van der Waals surface area contributed by atoms with Gasteiger partial charge in [0.1, 0.15) is 5.76 Å². The second-order valence-electron chi connectivity index (χ2n) is 6.19. The van der Waals surface area contributed by atoms with E-state index in [1.165, 1.54) is 24.1 Å². The molecule has 22 heavy (non-hydrogen) atoms. The Hall–Kier alpha value is -1.65. The highest BCUT2D eigenvalue weighted by Gasteiger charge is 2.18. The predicted molar refractivity (Wildman–Crippen MR) is 87.6 cm³/mol. The zero-order valence-corrected chi connectivity index (χ0v) is 13.6. The molecule has 0 aliphatic carbocycles. The first-order valence-electron chi connectivity index (χ1n) is 8.13. The van der Waals surface area contributed by atoms with Crippen LogP contribution in [-0.4, -0.2) is 41.1 Å². The Kier molecular flexibility index (Phi) is 4.90. The fraction of sp³-hybridized carbons (Fsp3) is 0.500. The highest BCUT2D eigenvalue weighted by atomic mass is 16.5. The van der Waals surface area contributed by atoms with E-state index in [1.807, 2.05) is 13.8 Å². The van der Waals surface area contributed by atoms with Crippen molar-refractivity contribution in [3.63, 3.8) is 0 Å². The van der Waals surface area contributed by atoms with Crippen molar-refractivity contribution in [3.8, 4) is 0 Å². The molecule has 0 radical (unpaired) electrons. The summed E-state index contributed by atoms with van der Waals surface area (Å²) in [5.41, 5.74) is 3.70. The van der Waals surface area contributed by atoms with Gasteiger partial charge in [0.15, 0.2) is 0 Å². The Morgan fingerprint density at radius 1 is 0.955 bits per heavy atom. The van der Waals surface area contributed by atoms with Gasteiger partial charge < -0.3 is 4.52 Å². The molecule has 3 rings (SSSR count). The molecule has 2 heterocycles. The van der Waals surface area contributed by atoms with Gasteiger partial charge in [-0.2, -0.15) is 0 Å². The van der Waals surface area contributed by atoms with Gasteiger partial charge in [-0.05, 0) is 38.9 Å². The summed E-state index contributed by atoms with van der Waals surface area (Å²) in [7, 11) is 0. The molecule has 0 amide bonds. The quantitative estimate of drug-likeness (QED) is 0.869. The summed E-state index contributed by atoms with van der Waals surface area (Å²) < 4.78 is 5.28. The molecular weight excluding hydrogens is 274 g/mol. The summed E-state index contributed by atoms with van der Waals surface area (Å²) in [5.74, 6) is 0.961. The van der Waals surface area contributed by atoms with Crippen molar-refractivity contribution in [2.45, 2.75) is 33.4 Å². The van der Waals surface area contributed by atoms with Crippen molar-refractivity contribution in [1.82, 2.24) is 15.0 Å². The molecule has 0 atom stereocenters. The number of benzene rings is 1. The van der Waals surface area contributed by atoms with Gasteiger partial charge in [0.2, 0.25) is 0 Å². The average molecular weight is 299 g/mol. The van der Waals surface area contributed by atoms with Crippen molar-refractivity contribution in [2.75, 3.05) is 26.2 Å². The minimum Gasteiger partial charge on any atom is -0.361 e. The van der Waals surface area contributed by atoms with Gasteiger partial charge in [0, 0.05) is 31.7 Å². The van der Waals surface area contributed by atoms with Crippen molar-refractivity contribution in [2.24, 2.45) is 0 Å². The molecule has 1 aliphatic rings. The van der Waals surface area contributed by atoms with Gasteiger partial charge in [0.05, 0.1) is 5.69 Å². The van der Waals surface area contributed by atoms with Crippen LogP contribution in [0.25, 0.3) is 0 Å². The van der Waals surface area contributed by atoms with Crippen molar-refractivity contribution < 1.29 is 4.52 Å². The summed E-state index contributed by atoms with van der Waals surface area (Å²) in [6, 6.07) is 10.8. The first kappa shape index (κ1) is 15.3. The third kappa shape index (κ3) is 3.76. The van der Waals surface area contributed by atoms with Crippen LogP contribution in [0.15, 0.2) is 34.9 Å². The Bertz CT molecular complexity index is 574. The highest BCUT2D eigenvalue weighted by molar-refractivity contribution is 5.20. The molecular formula is C18H25N3O. The van der Waals surface area contributed by atoms with Crippen LogP contribution in [0.1, 0.15) is 29.0 Å². The third-order valence-electron chi connectivity index (χ3n) is 4.49. The van der Waals surface area contributed by atoms with E-state index in [0.717, 1.165) is 44.2 Å². The van der Waals surface area contributed by atoms with E-state index >= 15 is 0 Å². The van der Waals surface area contributed by atoms with Gasteiger partial charge in [0.25, 0.3) is 0 Å². The minimum atomic E-state index is 0.959. The Balaban J connectivity index is 1.56. The molecule has 4 nitrogen and oxygen atoms in total. The molecule has 1 saturated heterocycles. The number of hydrogen-bond acceptors (Lipinski definition) is 4. The lowest BCUT2D eigenvalue weighted by Crippen LogP contribution is -2.30. The van der Waals surface area contributed by atoms with Crippen molar-refractivity contribution in [1.29, 1.82) is 0 Å². The molecule has 1 fully saturated rings. The Labute approximate surface area is 132 Å². The SMILES string of the molecule is Cc1noc(C)c1CN1CCCN(Cc2ccccc2)CC1. The summed E-state index contributed by atoms with van der Waals surface area (Å²) in [6.45, 7) is 10.6. The largest absolute Gasteiger partial charge is 0.361 e. The van der Waals surface area contributed by atoms with Crippen LogP contribution in [0.2, 0.25) is 0 Å². The first-order chi connectivity index (χ1) is 10.7. The lowest BCUT2D eigenvalue weighted by molar-refractivity contribution is 0.246. The Morgan fingerprint density at radius 3 is 2.27 bits per heavy atom. The van der Waals surface area contributed by atoms with Gasteiger partial charge >= 0.3 is 0 Å². The van der Waals surface area contributed by atoms with Gasteiger partial charge in [-0.3, -0.25) is 9.80 Å². The lowest BCUT2D eigenvalue weighted by Gasteiger charge is -2.21. The van der Waals surface area contributed by atoms with E-state index in [4.69, 9.17) is 4.52 Å². The van der Waals surface area contributed by atoms with Crippen LogP contribution >= 0.6 is 0 Å². The molecule has 4 heteroatoms. The topological polar surface area (TPSA) is 32.5 Å². The maximum atomic E-state index is 5.28. The average Bonchev–Trinajstić information content (AvgIpc) is 2.73. The van der Waals surface area contributed by atoms with Crippen LogP contribution < -0.4 is 0 Å². The predicted octanol–water partition coefficient (Wildman–Crippen LogP) is 3.00. The van der Waals surface area contributed by atoms with E-state index < -0.39 is 0 Å². The second-order valence-corrected chi connectivity index (χ2v) is 6.19. The molecule has 118 valence electrons. The van der Waals surface area contributed by atoms with E-state index in [1.54, 1.807) is 0 Å². The van der Waals surface area contributed by atoms with E-state index in [2.05, 4.69) is 45.3 Å². The molecule has 1 aliphatic heterocycles. The summed E-state index contributed by atoms with van der Waals surface area (Å²) >= 11 is 0. The van der Waals surface area contributed by atoms with Gasteiger partial charge in [-0.15, -0.1) is 0 Å². The molecule has 0 unspecified atom stereocenters. The summed E-state index contributed by atoms with van der Waals surface area (Å²) in [5, 5.41) is 4.06. The van der Waals surface area contributed by atoms with Crippen LogP contribution in [0.4, 0.5) is 0 Å². The molecule has 1 aromatic carbocycles. The fourth-order valence-electron chi connectivity index (χ4n) is 3.13. The maximum absolute atomic E-state index is 5.28. The number of hydrogen-bond donors (Lipinski definition) is 0. The molecule has 2 aromatic rings. The van der Waals surface area contributed by atoms with Crippen LogP contribution in [0.5, 0.6) is 0 Å². The van der Waals surface area contributed by atoms with E-state index in [0.29, 0.717) is 0 Å². The minimum absolute atomic E-state index is 0.959.